The number of ether oxygens (including phenoxy) is 1. The molecule has 0 saturated carbocycles. The maximum absolute atomic E-state index is 13.3. The Morgan fingerprint density at radius 1 is 1.16 bits per heavy atom. The van der Waals surface area contributed by atoms with E-state index in [2.05, 4.69) is 16.9 Å². The van der Waals surface area contributed by atoms with E-state index >= 15 is 0 Å². The number of rotatable bonds is 7. The topological polar surface area (TPSA) is 85.7 Å². The molecule has 2 fully saturated rings. The lowest BCUT2D eigenvalue weighted by atomic mass is 9.98. The van der Waals surface area contributed by atoms with Crippen LogP contribution in [-0.2, 0) is 4.79 Å². The minimum Gasteiger partial charge on any atom is -0.492 e. The van der Waals surface area contributed by atoms with E-state index in [9.17, 15) is 14.7 Å². The molecule has 3 aliphatic heterocycles. The highest BCUT2D eigenvalue weighted by atomic mass is 16.5. The van der Waals surface area contributed by atoms with Gasteiger partial charge in [-0.3, -0.25) is 9.69 Å². The molecular formula is C24H34N4O4. The fraction of sp³-hybridized carbons (Fsp3) is 0.625. The number of aliphatic hydroxyl groups is 1. The van der Waals surface area contributed by atoms with E-state index in [1.165, 1.54) is 16.3 Å². The summed E-state index contributed by atoms with van der Waals surface area (Å²) in [6.45, 7) is 6.28. The number of aliphatic hydroxyl groups excluding tert-OH is 1. The Kier molecular flexibility index (Phi) is 7.10. The van der Waals surface area contributed by atoms with Gasteiger partial charge in [-0.15, -0.1) is 0 Å². The molecule has 0 bridgehead atoms. The maximum Gasteiger partial charge on any atom is 0.349 e. The van der Waals surface area contributed by atoms with Gasteiger partial charge in [0.15, 0.2) is 0 Å². The third-order valence-corrected chi connectivity index (χ3v) is 6.56. The predicted molar refractivity (Wildman–Crippen MR) is 121 cm³/mol. The van der Waals surface area contributed by atoms with Gasteiger partial charge in [-0.1, -0.05) is 32.8 Å². The van der Waals surface area contributed by atoms with E-state index in [4.69, 9.17) is 4.74 Å². The highest BCUT2D eigenvalue weighted by Gasteiger charge is 2.43. The number of hydrogen-bond acceptors (Lipinski definition) is 6. The third-order valence-electron chi connectivity index (χ3n) is 6.56. The molecule has 0 aliphatic carbocycles. The van der Waals surface area contributed by atoms with Crippen molar-refractivity contribution in [2.75, 3.05) is 26.2 Å². The number of carbonyl (C=O) groups excluding carboxylic acids is 2. The van der Waals surface area contributed by atoms with Crippen molar-refractivity contribution in [1.82, 2.24) is 14.8 Å². The molecule has 3 amide bonds. The van der Waals surface area contributed by atoms with E-state index in [0.717, 1.165) is 49.9 Å². The molecule has 2 unspecified atom stereocenters. The van der Waals surface area contributed by atoms with Crippen LogP contribution in [0.1, 0.15) is 76.0 Å². The summed E-state index contributed by atoms with van der Waals surface area (Å²) in [6, 6.07) is 5.24. The van der Waals surface area contributed by atoms with E-state index in [1.54, 1.807) is 0 Å². The fourth-order valence-corrected chi connectivity index (χ4v) is 4.81. The van der Waals surface area contributed by atoms with Crippen molar-refractivity contribution in [2.45, 2.75) is 71.1 Å². The van der Waals surface area contributed by atoms with Gasteiger partial charge >= 0.3 is 6.03 Å². The second kappa shape index (κ2) is 10.0. The number of hydrogen-bond donors (Lipinski definition) is 1. The third kappa shape index (κ3) is 4.52. The molecule has 0 radical (unpaired) electrons. The van der Waals surface area contributed by atoms with Crippen LogP contribution in [0.4, 0.5) is 4.79 Å². The lowest BCUT2D eigenvalue weighted by Crippen LogP contribution is -2.52. The zero-order valence-corrected chi connectivity index (χ0v) is 19.1. The number of amides is 3. The zero-order chi connectivity index (χ0) is 22.7. The van der Waals surface area contributed by atoms with Gasteiger partial charge in [0.2, 0.25) is 0 Å². The van der Waals surface area contributed by atoms with Crippen molar-refractivity contribution in [3.05, 3.63) is 29.3 Å². The minimum atomic E-state index is -0.562. The van der Waals surface area contributed by atoms with E-state index in [-0.39, 0.29) is 24.6 Å². The molecule has 4 rings (SSSR count). The Morgan fingerprint density at radius 3 is 2.66 bits per heavy atom. The number of imide groups is 1. The van der Waals surface area contributed by atoms with Gasteiger partial charge in [-0.2, -0.15) is 5.10 Å². The Bertz CT molecular complexity index is 881. The van der Waals surface area contributed by atoms with Gasteiger partial charge in [-0.05, 0) is 43.4 Å². The molecule has 2 atom stereocenters. The van der Waals surface area contributed by atoms with Crippen LogP contribution < -0.4 is 4.74 Å². The molecule has 8 nitrogen and oxygen atoms in total. The molecule has 0 aromatic heterocycles. The van der Waals surface area contributed by atoms with E-state index in [1.807, 2.05) is 25.1 Å². The number of nitrogens with zero attached hydrogens (tertiary/aromatic N) is 4. The monoisotopic (exact) mass is 442 g/mol. The average molecular weight is 443 g/mol. The first-order valence-electron chi connectivity index (χ1n) is 11.9. The Balaban J connectivity index is 1.59. The first kappa shape index (κ1) is 22.7. The molecule has 174 valence electrons. The Morgan fingerprint density at radius 2 is 1.94 bits per heavy atom. The summed E-state index contributed by atoms with van der Waals surface area (Å²) in [7, 11) is 0. The molecular weight excluding hydrogens is 408 g/mol. The van der Waals surface area contributed by atoms with Crippen molar-refractivity contribution in [3.8, 4) is 5.75 Å². The van der Waals surface area contributed by atoms with E-state index < -0.39 is 6.10 Å². The standard InChI is InChI=1S/C24H34N4O4/c1-3-8-22(26-12-6-5-7-13-26)28-23(30)16-27(24(28)31)25-19-11-14-32-21-10-9-17(15-18(19)21)20(29)4-2/h9-10,15,20,22,29H,3-8,11-14,16H2,1-2H3/b25-19+. The van der Waals surface area contributed by atoms with E-state index in [0.29, 0.717) is 30.9 Å². The van der Waals surface area contributed by atoms with Gasteiger partial charge in [0.1, 0.15) is 12.3 Å². The molecule has 0 spiro atoms. The number of fused-ring (bicyclic) bond motifs is 1. The lowest BCUT2D eigenvalue weighted by molar-refractivity contribution is -0.130. The summed E-state index contributed by atoms with van der Waals surface area (Å²) in [5.41, 5.74) is 2.29. The Labute approximate surface area is 189 Å². The lowest BCUT2D eigenvalue weighted by Gasteiger charge is -2.38. The maximum atomic E-state index is 13.3. The van der Waals surface area contributed by atoms with Crippen LogP contribution in [0.2, 0.25) is 0 Å². The zero-order valence-electron chi connectivity index (χ0n) is 19.1. The molecule has 1 N–H and O–H groups in total. The molecule has 1 aromatic carbocycles. The number of urea groups is 1. The second-order valence-corrected chi connectivity index (χ2v) is 8.79. The number of likely N-dealkylation sites (tertiary alicyclic amines) is 1. The van der Waals surface area contributed by atoms with Gasteiger partial charge in [-0.25, -0.2) is 14.7 Å². The first-order chi connectivity index (χ1) is 15.5. The number of benzene rings is 1. The summed E-state index contributed by atoms with van der Waals surface area (Å²) in [5.74, 6) is 0.500. The molecule has 2 saturated heterocycles. The minimum absolute atomic E-state index is 0.0378. The van der Waals surface area contributed by atoms with Gasteiger partial charge in [0, 0.05) is 25.1 Å². The highest BCUT2D eigenvalue weighted by molar-refractivity contribution is 6.06. The van der Waals surface area contributed by atoms with Crippen molar-refractivity contribution < 1.29 is 19.4 Å². The number of piperidine rings is 1. The second-order valence-electron chi connectivity index (χ2n) is 8.79. The Hall–Kier alpha value is -2.45. The highest BCUT2D eigenvalue weighted by Crippen LogP contribution is 2.30. The van der Waals surface area contributed by atoms with Crippen LogP contribution in [0.15, 0.2) is 23.3 Å². The van der Waals surface area contributed by atoms with Crippen molar-refractivity contribution in [2.24, 2.45) is 5.10 Å². The SMILES string of the molecule is CCCC(N1CCCCC1)N1C(=O)CN(/N=C2\CCOc3ccc(C(O)CC)cc32)C1=O. The van der Waals surface area contributed by atoms with Crippen LogP contribution in [0.25, 0.3) is 0 Å². The predicted octanol–water partition coefficient (Wildman–Crippen LogP) is 3.49. The summed E-state index contributed by atoms with van der Waals surface area (Å²) < 4.78 is 5.76. The largest absolute Gasteiger partial charge is 0.492 e. The quantitative estimate of drug-likeness (QED) is 0.654. The number of hydrazone groups is 1. The molecule has 1 aromatic rings. The van der Waals surface area contributed by atoms with Gasteiger partial charge < -0.3 is 9.84 Å². The first-order valence-corrected chi connectivity index (χ1v) is 11.9. The molecule has 32 heavy (non-hydrogen) atoms. The molecule has 8 heteroatoms. The average Bonchev–Trinajstić information content (AvgIpc) is 3.10. The van der Waals surface area contributed by atoms with Crippen molar-refractivity contribution >= 4 is 17.6 Å². The summed E-state index contributed by atoms with van der Waals surface area (Å²) >= 11 is 0. The van der Waals surface area contributed by atoms with Gasteiger partial charge in [0.25, 0.3) is 5.91 Å². The van der Waals surface area contributed by atoms with Gasteiger partial charge in [0.05, 0.1) is 24.6 Å². The smallest absolute Gasteiger partial charge is 0.349 e. The molecule has 3 heterocycles. The summed E-state index contributed by atoms with van der Waals surface area (Å²) in [4.78, 5) is 29.9. The normalized spacial score (nSPS) is 22.8. The van der Waals surface area contributed by atoms with Crippen molar-refractivity contribution in [3.63, 3.8) is 0 Å². The molecule has 3 aliphatic rings. The fourth-order valence-electron chi connectivity index (χ4n) is 4.81. The van der Waals surface area contributed by atoms with Crippen LogP contribution in [0.3, 0.4) is 0 Å². The van der Waals surface area contributed by atoms with Crippen LogP contribution >= 0.6 is 0 Å². The number of carbonyl (C=O) groups is 2. The summed E-state index contributed by atoms with van der Waals surface area (Å²) in [5, 5.41) is 16.2. The van der Waals surface area contributed by atoms with Crippen molar-refractivity contribution in [1.29, 1.82) is 0 Å². The van der Waals surface area contributed by atoms with Crippen LogP contribution in [-0.4, -0.2) is 70.0 Å². The van der Waals surface area contributed by atoms with Crippen LogP contribution in [0.5, 0.6) is 5.75 Å². The van der Waals surface area contributed by atoms with Crippen LogP contribution in [0, 0.1) is 0 Å². The summed E-state index contributed by atoms with van der Waals surface area (Å²) in [6.07, 6.45) is 5.48.